The molecule has 0 bridgehead atoms. The van der Waals surface area contributed by atoms with Gasteiger partial charge in [0.05, 0.1) is 5.75 Å². The summed E-state index contributed by atoms with van der Waals surface area (Å²) >= 11 is 1.34. The Bertz CT molecular complexity index is 887. The van der Waals surface area contributed by atoms with Crippen molar-refractivity contribution in [3.05, 3.63) is 71.8 Å². The lowest BCUT2D eigenvalue weighted by molar-refractivity contribution is -0.113. The second-order valence-electron chi connectivity index (χ2n) is 5.77. The number of hydrogen-bond acceptors (Lipinski definition) is 3. The van der Waals surface area contributed by atoms with Gasteiger partial charge in [-0.1, -0.05) is 23.9 Å². The first-order chi connectivity index (χ1) is 12.0. The van der Waals surface area contributed by atoms with Crippen molar-refractivity contribution < 1.29 is 9.18 Å². The van der Waals surface area contributed by atoms with Crippen LogP contribution in [0.5, 0.6) is 0 Å². The van der Waals surface area contributed by atoms with Crippen LogP contribution in [0, 0.1) is 19.7 Å². The summed E-state index contributed by atoms with van der Waals surface area (Å²) in [4.78, 5) is 16.4. The lowest BCUT2D eigenvalue weighted by atomic mass is 10.1. The molecule has 128 valence electrons. The molecule has 1 amide bonds. The Kier molecular flexibility index (Phi) is 5.19. The summed E-state index contributed by atoms with van der Waals surface area (Å²) in [7, 11) is 0. The molecule has 1 N–H and O–H groups in total. The minimum absolute atomic E-state index is 0.193. The maximum absolute atomic E-state index is 13.2. The third-order valence-electron chi connectivity index (χ3n) is 3.53. The molecule has 1 aromatic heterocycles. The van der Waals surface area contributed by atoms with Crippen LogP contribution < -0.4 is 5.32 Å². The summed E-state index contributed by atoms with van der Waals surface area (Å²) in [5, 5.41) is 3.42. The van der Waals surface area contributed by atoms with Crippen LogP contribution >= 0.6 is 11.8 Å². The number of aromatic nitrogens is 2. The maximum Gasteiger partial charge on any atom is 0.234 e. The molecule has 0 fully saturated rings. The minimum Gasteiger partial charge on any atom is -0.325 e. The van der Waals surface area contributed by atoms with Crippen molar-refractivity contribution in [1.29, 1.82) is 0 Å². The van der Waals surface area contributed by atoms with Crippen molar-refractivity contribution in [2.24, 2.45) is 0 Å². The zero-order valence-corrected chi connectivity index (χ0v) is 14.8. The van der Waals surface area contributed by atoms with E-state index in [1.165, 1.54) is 35.0 Å². The molecular weight excluding hydrogens is 337 g/mol. The average Bonchev–Trinajstić information content (AvgIpc) is 3.00. The Hall–Kier alpha value is -2.60. The van der Waals surface area contributed by atoms with E-state index in [0.717, 1.165) is 10.8 Å². The summed E-state index contributed by atoms with van der Waals surface area (Å²) in [5.74, 6) is -0.389. The number of anilines is 1. The second kappa shape index (κ2) is 7.53. The summed E-state index contributed by atoms with van der Waals surface area (Å²) in [6.07, 6.45) is 3.59. The molecule has 0 radical (unpaired) electrons. The number of carbonyl (C=O) groups excluding carboxylic acids is 1. The number of nitrogens with zero attached hydrogens (tertiary/aromatic N) is 2. The summed E-state index contributed by atoms with van der Waals surface area (Å²) in [5.41, 5.74) is 3.80. The average molecular weight is 355 g/mol. The number of hydrogen-bond donors (Lipinski definition) is 1. The number of benzene rings is 2. The van der Waals surface area contributed by atoms with Gasteiger partial charge in [-0.05, 0) is 55.3 Å². The van der Waals surface area contributed by atoms with E-state index in [-0.39, 0.29) is 17.5 Å². The fourth-order valence-electron chi connectivity index (χ4n) is 2.58. The van der Waals surface area contributed by atoms with E-state index in [4.69, 9.17) is 0 Å². The molecule has 0 saturated heterocycles. The van der Waals surface area contributed by atoms with Gasteiger partial charge in [0.25, 0.3) is 0 Å². The van der Waals surface area contributed by atoms with Crippen molar-refractivity contribution in [3.63, 3.8) is 0 Å². The van der Waals surface area contributed by atoms with Crippen LogP contribution in [0.25, 0.3) is 5.69 Å². The zero-order valence-electron chi connectivity index (χ0n) is 14.0. The molecule has 0 unspecified atom stereocenters. The Labute approximate surface area is 150 Å². The Morgan fingerprint density at radius 2 is 1.96 bits per heavy atom. The van der Waals surface area contributed by atoms with Gasteiger partial charge in [-0.15, -0.1) is 0 Å². The number of rotatable bonds is 5. The molecule has 0 aliphatic carbocycles. The van der Waals surface area contributed by atoms with E-state index >= 15 is 0 Å². The number of thioether (sulfide) groups is 1. The number of imidazole rings is 1. The molecule has 2 aromatic carbocycles. The highest BCUT2D eigenvalue weighted by Crippen LogP contribution is 2.22. The number of amides is 1. The third-order valence-corrected chi connectivity index (χ3v) is 4.50. The first kappa shape index (κ1) is 17.2. The zero-order chi connectivity index (χ0) is 17.8. The molecule has 3 aromatic rings. The van der Waals surface area contributed by atoms with Crippen molar-refractivity contribution >= 4 is 23.4 Å². The van der Waals surface area contributed by atoms with Crippen LogP contribution in [0.15, 0.2) is 60.0 Å². The Morgan fingerprint density at radius 3 is 2.68 bits per heavy atom. The molecular formula is C19H18FN3OS. The summed E-state index contributed by atoms with van der Waals surface area (Å²) in [6, 6.07) is 12.1. The van der Waals surface area contributed by atoms with Gasteiger partial charge in [-0.2, -0.15) is 0 Å². The highest BCUT2D eigenvalue weighted by atomic mass is 32.2. The fourth-order valence-corrected chi connectivity index (χ4v) is 3.35. The lowest BCUT2D eigenvalue weighted by Gasteiger charge is -2.10. The van der Waals surface area contributed by atoms with Crippen LogP contribution in [-0.2, 0) is 4.79 Å². The molecule has 0 atom stereocenters. The highest BCUT2D eigenvalue weighted by Gasteiger charge is 2.10. The minimum atomic E-state index is -0.379. The van der Waals surface area contributed by atoms with E-state index in [9.17, 15) is 9.18 Å². The predicted molar refractivity (Wildman–Crippen MR) is 98.8 cm³/mol. The Morgan fingerprint density at radius 1 is 1.20 bits per heavy atom. The van der Waals surface area contributed by atoms with E-state index in [1.54, 1.807) is 18.3 Å². The van der Waals surface area contributed by atoms with Crippen molar-refractivity contribution in [3.8, 4) is 5.69 Å². The van der Waals surface area contributed by atoms with Gasteiger partial charge in [-0.25, -0.2) is 9.37 Å². The van der Waals surface area contributed by atoms with Crippen molar-refractivity contribution in [2.45, 2.75) is 19.0 Å². The van der Waals surface area contributed by atoms with Gasteiger partial charge in [0.15, 0.2) is 5.16 Å². The second-order valence-corrected chi connectivity index (χ2v) is 6.72. The SMILES string of the molecule is Cc1cc(C)cc(-n2ccnc2SCC(=O)Nc2cccc(F)c2)c1. The van der Waals surface area contributed by atoms with Crippen LogP contribution in [-0.4, -0.2) is 21.2 Å². The van der Waals surface area contributed by atoms with E-state index in [0.29, 0.717) is 5.69 Å². The maximum atomic E-state index is 13.2. The molecule has 4 nitrogen and oxygen atoms in total. The normalized spacial score (nSPS) is 10.7. The van der Waals surface area contributed by atoms with Crippen LogP contribution in [0.3, 0.4) is 0 Å². The standard InChI is InChI=1S/C19H18FN3OS/c1-13-8-14(2)10-17(9-13)23-7-6-21-19(23)25-12-18(24)22-16-5-3-4-15(20)11-16/h3-11H,12H2,1-2H3,(H,22,24). The quantitative estimate of drug-likeness (QED) is 0.692. The largest absolute Gasteiger partial charge is 0.325 e. The molecule has 1 heterocycles. The van der Waals surface area contributed by atoms with E-state index in [1.807, 2.05) is 24.6 Å². The van der Waals surface area contributed by atoms with E-state index < -0.39 is 0 Å². The number of carbonyl (C=O) groups is 1. The van der Waals surface area contributed by atoms with Crippen LogP contribution in [0.2, 0.25) is 0 Å². The van der Waals surface area contributed by atoms with Gasteiger partial charge in [0.2, 0.25) is 5.91 Å². The summed E-state index contributed by atoms with van der Waals surface area (Å²) < 4.78 is 15.1. The van der Waals surface area contributed by atoms with Crippen molar-refractivity contribution in [1.82, 2.24) is 9.55 Å². The molecule has 25 heavy (non-hydrogen) atoms. The first-order valence-corrected chi connectivity index (χ1v) is 8.80. The van der Waals surface area contributed by atoms with Gasteiger partial charge in [0.1, 0.15) is 5.82 Å². The molecule has 0 saturated carbocycles. The van der Waals surface area contributed by atoms with Gasteiger partial charge in [0, 0.05) is 23.8 Å². The van der Waals surface area contributed by atoms with Crippen LogP contribution in [0.1, 0.15) is 11.1 Å². The van der Waals surface area contributed by atoms with Gasteiger partial charge < -0.3 is 5.32 Å². The third kappa shape index (κ3) is 4.48. The smallest absolute Gasteiger partial charge is 0.234 e. The van der Waals surface area contributed by atoms with E-state index in [2.05, 4.69) is 28.5 Å². The highest BCUT2D eigenvalue weighted by molar-refractivity contribution is 7.99. The van der Waals surface area contributed by atoms with Crippen LogP contribution in [0.4, 0.5) is 10.1 Å². The molecule has 3 rings (SSSR count). The van der Waals surface area contributed by atoms with Gasteiger partial charge in [-0.3, -0.25) is 9.36 Å². The molecule has 0 spiro atoms. The number of nitrogens with one attached hydrogen (secondary N) is 1. The monoisotopic (exact) mass is 355 g/mol. The summed E-state index contributed by atoms with van der Waals surface area (Å²) in [6.45, 7) is 4.10. The Balaban J connectivity index is 1.68. The van der Waals surface area contributed by atoms with Crippen molar-refractivity contribution in [2.75, 3.05) is 11.1 Å². The molecule has 0 aliphatic heterocycles. The number of halogens is 1. The predicted octanol–water partition coefficient (Wildman–Crippen LogP) is 4.36. The fraction of sp³-hybridized carbons (Fsp3) is 0.158. The van der Waals surface area contributed by atoms with Gasteiger partial charge >= 0.3 is 0 Å². The molecule has 0 aliphatic rings. The topological polar surface area (TPSA) is 46.9 Å². The number of aryl methyl sites for hydroxylation is 2. The molecule has 6 heteroatoms. The lowest BCUT2D eigenvalue weighted by Crippen LogP contribution is -2.14. The first-order valence-electron chi connectivity index (χ1n) is 7.81.